The van der Waals surface area contributed by atoms with Crippen molar-refractivity contribution in [1.82, 2.24) is 9.78 Å². The van der Waals surface area contributed by atoms with Gasteiger partial charge >= 0.3 is 0 Å². The third kappa shape index (κ3) is 1.96. The minimum Gasteiger partial charge on any atom is -0.326 e. The number of halogens is 1. The number of nitrogens with zero attached hydrogens (tertiary/aromatic N) is 2. The molecular weight excluding hydrogens is 254 g/mol. The maximum Gasteiger partial charge on any atom is 0.0649 e. The second-order valence-corrected chi connectivity index (χ2v) is 4.21. The van der Waals surface area contributed by atoms with Crippen molar-refractivity contribution in [3.63, 3.8) is 0 Å². The Bertz CT molecular complexity index is 459. The molecule has 0 amide bonds. The molecule has 4 heteroatoms. The molecule has 0 atom stereocenters. The highest BCUT2D eigenvalue weighted by atomic mass is 79.9. The highest BCUT2D eigenvalue weighted by Crippen LogP contribution is 2.18. The molecule has 0 saturated carbocycles. The van der Waals surface area contributed by atoms with Gasteiger partial charge in [0.25, 0.3) is 0 Å². The van der Waals surface area contributed by atoms with Crippen LogP contribution in [-0.2, 0) is 6.54 Å². The molecule has 1 heterocycles. The van der Waals surface area contributed by atoms with E-state index in [-0.39, 0.29) is 0 Å². The fraction of sp³-hybridized carbons (Fsp3) is 0.182. The SMILES string of the molecule is Cc1c(Br)cnn1-c1ccc(CN)cc1. The Morgan fingerprint density at radius 3 is 2.47 bits per heavy atom. The lowest BCUT2D eigenvalue weighted by Gasteiger charge is -2.05. The predicted molar refractivity (Wildman–Crippen MR) is 63.9 cm³/mol. The first-order valence-corrected chi connectivity index (χ1v) is 5.51. The van der Waals surface area contributed by atoms with Crippen molar-refractivity contribution in [1.29, 1.82) is 0 Å². The Morgan fingerprint density at radius 2 is 2.00 bits per heavy atom. The van der Waals surface area contributed by atoms with Gasteiger partial charge in [-0.15, -0.1) is 0 Å². The van der Waals surface area contributed by atoms with E-state index < -0.39 is 0 Å². The van der Waals surface area contributed by atoms with E-state index in [4.69, 9.17) is 5.73 Å². The van der Waals surface area contributed by atoms with Crippen molar-refractivity contribution in [3.8, 4) is 5.69 Å². The summed E-state index contributed by atoms with van der Waals surface area (Å²) in [5, 5.41) is 4.28. The first-order chi connectivity index (χ1) is 7.22. The van der Waals surface area contributed by atoms with Crippen LogP contribution in [-0.4, -0.2) is 9.78 Å². The van der Waals surface area contributed by atoms with Crippen LogP contribution in [0.3, 0.4) is 0 Å². The Kier molecular flexibility index (Phi) is 2.88. The van der Waals surface area contributed by atoms with Crippen LogP contribution < -0.4 is 5.73 Å². The van der Waals surface area contributed by atoms with Crippen LogP contribution in [0.25, 0.3) is 5.69 Å². The molecule has 0 aliphatic carbocycles. The van der Waals surface area contributed by atoms with Gasteiger partial charge in [0.15, 0.2) is 0 Å². The maximum atomic E-state index is 5.54. The van der Waals surface area contributed by atoms with E-state index in [0.717, 1.165) is 21.4 Å². The van der Waals surface area contributed by atoms with Crippen LogP contribution in [0.5, 0.6) is 0 Å². The van der Waals surface area contributed by atoms with Crippen LogP contribution in [0.1, 0.15) is 11.3 Å². The van der Waals surface area contributed by atoms with E-state index in [1.54, 1.807) is 6.20 Å². The van der Waals surface area contributed by atoms with E-state index in [1.165, 1.54) is 0 Å². The fourth-order valence-corrected chi connectivity index (χ4v) is 1.68. The summed E-state index contributed by atoms with van der Waals surface area (Å²) in [7, 11) is 0. The molecule has 1 aromatic carbocycles. The Balaban J connectivity index is 2.41. The molecule has 2 aromatic rings. The molecule has 2 rings (SSSR count). The molecule has 0 bridgehead atoms. The Morgan fingerprint density at radius 1 is 1.33 bits per heavy atom. The smallest absolute Gasteiger partial charge is 0.0649 e. The third-order valence-electron chi connectivity index (χ3n) is 2.37. The highest BCUT2D eigenvalue weighted by Gasteiger charge is 2.04. The molecular formula is C11H12BrN3. The largest absolute Gasteiger partial charge is 0.326 e. The molecule has 0 aliphatic rings. The Hall–Kier alpha value is -1.13. The molecule has 3 nitrogen and oxygen atoms in total. The van der Waals surface area contributed by atoms with Gasteiger partial charge < -0.3 is 5.73 Å². The predicted octanol–water partition coefficient (Wildman–Crippen LogP) is 2.40. The molecule has 0 fully saturated rings. The first-order valence-electron chi connectivity index (χ1n) is 4.72. The summed E-state index contributed by atoms with van der Waals surface area (Å²) in [6.07, 6.45) is 1.80. The summed E-state index contributed by atoms with van der Waals surface area (Å²) >= 11 is 3.44. The number of aromatic nitrogens is 2. The summed E-state index contributed by atoms with van der Waals surface area (Å²) in [4.78, 5) is 0. The van der Waals surface area contributed by atoms with Gasteiger partial charge in [-0.25, -0.2) is 4.68 Å². The van der Waals surface area contributed by atoms with Gasteiger partial charge in [-0.3, -0.25) is 0 Å². The van der Waals surface area contributed by atoms with Crippen molar-refractivity contribution in [2.45, 2.75) is 13.5 Å². The zero-order valence-corrected chi connectivity index (χ0v) is 10.0. The van der Waals surface area contributed by atoms with Crippen molar-refractivity contribution in [2.75, 3.05) is 0 Å². The lowest BCUT2D eigenvalue weighted by molar-refractivity contribution is 0.845. The lowest BCUT2D eigenvalue weighted by atomic mass is 10.2. The highest BCUT2D eigenvalue weighted by molar-refractivity contribution is 9.10. The van der Waals surface area contributed by atoms with Crippen molar-refractivity contribution >= 4 is 15.9 Å². The summed E-state index contributed by atoms with van der Waals surface area (Å²) in [6, 6.07) is 8.08. The van der Waals surface area contributed by atoms with Crippen LogP contribution in [0.15, 0.2) is 34.9 Å². The number of hydrogen-bond acceptors (Lipinski definition) is 2. The van der Waals surface area contributed by atoms with Crippen LogP contribution in [0.2, 0.25) is 0 Å². The minimum absolute atomic E-state index is 0.571. The summed E-state index contributed by atoms with van der Waals surface area (Å²) < 4.78 is 2.91. The molecule has 0 spiro atoms. The zero-order chi connectivity index (χ0) is 10.8. The van der Waals surface area contributed by atoms with Gasteiger partial charge in [0.05, 0.1) is 22.1 Å². The Labute approximate surface area is 97.0 Å². The molecule has 15 heavy (non-hydrogen) atoms. The monoisotopic (exact) mass is 265 g/mol. The lowest BCUT2D eigenvalue weighted by Crippen LogP contribution is -2.00. The number of rotatable bonds is 2. The van der Waals surface area contributed by atoms with Gasteiger partial charge in [-0.05, 0) is 40.5 Å². The normalized spacial score (nSPS) is 10.6. The number of nitrogens with two attached hydrogens (primary N) is 1. The first kappa shape index (κ1) is 10.4. The molecule has 0 unspecified atom stereocenters. The van der Waals surface area contributed by atoms with Gasteiger partial charge in [0.2, 0.25) is 0 Å². The number of hydrogen-bond donors (Lipinski definition) is 1. The standard InChI is InChI=1S/C11H12BrN3/c1-8-11(12)7-14-15(8)10-4-2-9(6-13)3-5-10/h2-5,7H,6,13H2,1H3. The minimum atomic E-state index is 0.571. The van der Waals surface area contributed by atoms with Crippen molar-refractivity contribution < 1.29 is 0 Å². The average Bonchev–Trinajstić information content (AvgIpc) is 2.60. The molecule has 0 radical (unpaired) electrons. The second-order valence-electron chi connectivity index (χ2n) is 3.36. The third-order valence-corrected chi connectivity index (χ3v) is 3.15. The summed E-state index contributed by atoms with van der Waals surface area (Å²) in [5.74, 6) is 0. The summed E-state index contributed by atoms with van der Waals surface area (Å²) in [6.45, 7) is 2.59. The van der Waals surface area contributed by atoms with Gasteiger partial charge in [-0.2, -0.15) is 5.10 Å². The number of benzene rings is 1. The quantitative estimate of drug-likeness (QED) is 0.907. The van der Waals surface area contributed by atoms with Gasteiger partial charge in [0.1, 0.15) is 0 Å². The second kappa shape index (κ2) is 4.16. The average molecular weight is 266 g/mol. The molecule has 78 valence electrons. The summed E-state index contributed by atoms with van der Waals surface area (Å²) in [5.41, 5.74) is 8.81. The van der Waals surface area contributed by atoms with Gasteiger partial charge in [-0.1, -0.05) is 12.1 Å². The molecule has 0 aliphatic heterocycles. The zero-order valence-electron chi connectivity index (χ0n) is 8.44. The van der Waals surface area contributed by atoms with E-state index in [0.29, 0.717) is 6.54 Å². The van der Waals surface area contributed by atoms with E-state index >= 15 is 0 Å². The van der Waals surface area contributed by atoms with E-state index in [1.807, 2.05) is 35.9 Å². The van der Waals surface area contributed by atoms with Crippen molar-refractivity contribution in [2.24, 2.45) is 5.73 Å². The van der Waals surface area contributed by atoms with Gasteiger partial charge in [0, 0.05) is 6.54 Å². The van der Waals surface area contributed by atoms with Crippen molar-refractivity contribution in [3.05, 3.63) is 46.2 Å². The maximum absolute atomic E-state index is 5.54. The van der Waals surface area contributed by atoms with Crippen LogP contribution in [0.4, 0.5) is 0 Å². The molecule has 2 N–H and O–H groups in total. The van der Waals surface area contributed by atoms with E-state index in [2.05, 4.69) is 21.0 Å². The molecule has 0 saturated heterocycles. The van der Waals surface area contributed by atoms with Crippen LogP contribution >= 0.6 is 15.9 Å². The van der Waals surface area contributed by atoms with Crippen LogP contribution in [0, 0.1) is 6.92 Å². The molecule has 1 aromatic heterocycles. The van der Waals surface area contributed by atoms with E-state index in [9.17, 15) is 0 Å². The fourth-order valence-electron chi connectivity index (χ4n) is 1.42. The topological polar surface area (TPSA) is 43.8 Å².